The van der Waals surface area contributed by atoms with Crippen molar-refractivity contribution in [1.82, 2.24) is 4.98 Å². The van der Waals surface area contributed by atoms with Crippen LogP contribution in [0.3, 0.4) is 0 Å². The second kappa shape index (κ2) is 3.07. The van der Waals surface area contributed by atoms with Gasteiger partial charge in [0.1, 0.15) is 16.5 Å². The predicted octanol–water partition coefficient (Wildman–Crippen LogP) is 2.31. The Morgan fingerprint density at radius 2 is 2.20 bits per heavy atom. The fourth-order valence-corrected chi connectivity index (χ4v) is 2.81. The van der Waals surface area contributed by atoms with Crippen LogP contribution in [0.15, 0.2) is 6.07 Å². The number of rotatable bonds is 0. The van der Waals surface area contributed by atoms with Gasteiger partial charge >= 0.3 is 0 Å². The van der Waals surface area contributed by atoms with Crippen LogP contribution in [-0.4, -0.2) is 18.1 Å². The highest BCUT2D eigenvalue weighted by atomic mass is 32.1. The molecule has 0 saturated carbocycles. The number of nitrogens with one attached hydrogen (secondary N) is 1. The molecule has 4 heteroatoms. The van der Waals surface area contributed by atoms with Gasteiger partial charge in [-0.15, -0.1) is 0 Å². The van der Waals surface area contributed by atoms with E-state index in [9.17, 15) is 0 Å². The van der Waals surface area contributed by atoms with E-state index in [1.54, 1.807) is 0 Å². The van der Waals surface area contributed by atoms with E-state index in [4.69, 9.17) is 17.5 Å². The molecule has 76 valence electrons. The van der Waals surface area contributed by atoms with E-state index in [2.05, 4.69) is 16.0 Å². The molecule has 1 fully saturated rings. The maximum absolute atomic E-state index is 8.94. The first kappa shape index (κ1) is 8.93. The number of pyridine rings is 1. The summed E-state index contributed by atoms with van der Waals surface area (Å²) in [4.78, 5) is 5.54. The fourth-order valence-electron chi connectivity index (χ4n) is 2.61. The van der Waals surface area contributed by atoms with Gasteiger partial charge in [0.15, 0.2) is 0 Å². The lowest BCUT2D eigenvalue weighted by Crippen LogP contribution is -2.39. The topological polar surface area (TPSA) is 42.8 Å². The third-order valence-corrected chi connectivity index (χ3v) is 3.74. The second-order valence-corrected chi connectivity index (χ2v) is 4.60. The highest BCUT2D eigenvalue weighted by molar-refractivity contribution is 7.71. The van der Waals surface area contributed by atoms with E-state index in [1.165, 1.54) is 18.4 Å². The van der Waals surface area contributed by atoms with Crippen molar-refractivity contribution < 1.29 is 0 Å². The van der Waals surface area contributed by atoms with Gasteiger partial charge in [-0.05, 0) is 30.4 Å². The lowest BCUT2D eigenvalue weighted by atomic mass is 9.84. The van der Waals surface area contributed by atoms with Crippen molar-refractivity contribution in [2.24, 2.45) is 0 Å². The van der Waals surface area contributed by atoms with E-state index in [1.807, 2.05) is 6.07 Å². The standard InChI is InChI=1S/C11H11N3S/c12-6-8-5-9-7-1-3-14(4-2-7)10(9)13-11(8)15/h5,7H,1-4H2,(H,13,15). The monoisotopic (exact) mass is 217 g/mol. The van der Waals surface area contributed by atoms with Gasteiger partial charge in [0.05, 0.1) is 5.56 Å². The molecule has 0 unspecified atom stereocenters. The van der Waals surface area contributed by atoms with E-state index in [0.29, 0.717) is 16.1 Å². The Hall–Kier alpha value is -1.34. The molecule has 4 rings (SSSR count). The third-order valence-electron chi connectivity index (χ3n) is 3.42. The van der Waals surface area contributed by atoms with Gasteiger partial charge in [0.2, 0.25) is 0 Å². The highest BCUT2D eigenvalue weighted by Gasteiger charge is 2.31. The van der Waals surface area contributed by atoms with Gasteiger partial charge in [-0.25, -0.2) is 0 Å². The Morgan fingerprint density at radius 3 is 2.87 bits per heavy atom. The molecule has 0 aromatic carbocycles. The molecule has 0 radical (unpaired) electrons. The molecule has 3 aliphatic heterocycles. The molecule has 4 heterocycles. The SMILES string of the molecule is N#Cc1cc2c([nH]c1=S)N1CCC2CC1. The molecule has 1 saturated heterocycles. The van der Waals surface area contributed by atoms with Crippen molar-refractivity contribution >= 4 is 18.0 Å². The van der Waals surface area contributed by atoms with Gasteiger partial charge in [-0.3, -0.25) is 0 Å². The van der Waals surface area contributed by atoms with Crippen LogP contribution in [-0.2, 0) is 0 Å². The lowest BCUT2D eigenvalue weighted by molar-refractivity contribution is 0.468. The summed E-state index contributed by atoms with van der Waals surface area (Å²) in [5.41, 5.74) is 1.90. The summed E-state index contributed by atoms with van der Waals surface area (Å²) < 4.78 is 0.573. The van der Waals surface area contributed by atoms with Crippen LogP contribution in [0.2, 0.25) is 0 Å². The lowest BCUT2D eigenvalue weighted by Gasteiger charge is -2.41. The van der Waals surface area contributed by atoms with Crippen LogP contribution in [0.1, 0.15) is 29.9 Å². The first-order valence-electron chi connectivity index (χ1n) is 5.22. The van der Waals surface area contributed by atoms with Crippen molar-refractivity contribution in [2.75, 3.05) is 18.0 Å². The molecule has 3 aliphatic rings. The van der Waals surface area contributed by atoms with E-state index < -0.39 is 0 Å². The molecule has 1 aromatic heterocycles. The van der Waals surface area contributed by atoms with Crippen molar-refractivity contribution in [1.29, 1.82) is 5.26 Å². The van der Waals surface area contributed by atoms with Gasteiger partial charge in [0, 0.05) is 13.1 Å². The second-order valence-electron chi connectivity index (χ2n) is 4.19. The Labute approximate surface area is 93.3 Å². The summed E-state index contributed by atoms with van der Waals surface area (Å²) in [7, 11) is 0. The average Bonchev–Trinajstić information content (AvgIpc) is 2.29. The molecular weight excluding hydrogens is 206 g/mol. The Bertz CT molecular complexity index is 504. The number of nitrogens with zero attached hydrogens (tertiary/aromatic N) is 2. The van der Waals surface area contributed by atoms with Crippen molar-refractivity contribution in [3.63, 3.8) is 0 Å². The Kier molecular flexibility index (Phi) is 1.83. The molecule has 2 bridgehead atoms. The normalized spacial score (nSPS) is 18.7. The van der Waals surface area contributed by atoms with E-state index in [-0.39, 0.29) is 0 Å². The van der Waals surface area contributed by atoms with Crippen LogP contribution >= 0.6 is 12.2 Å². The highest BCUT2D eigenvalue weighted by Crippen LogP contribution is 2.41. The van der Waals surface area contributed by atoms with Gasteiger partial charge < -0.3 is 9.88 Å². The van der Waals surface area contributed by atoms with E-state index >= 15 is 0 Å². The summed E-state index contributed by atoms with van der Waals surface area (Å²) in [6, 6.07) is 4.13. The Balaban J connectivity index is 2.25. The van der Waals surface area contributed by atoms with Crippen LogP contribution in [0, 0.1) is 16.0 Å². The maximum Gasteiger partial charge on any atom is 0.122 e. The summed E-state index contributed by atoms with van der Waals surface area (Å²) in [5.74, 6) is 1.78. The summed E-state index contributed by atoms with van der Waals surface area (Å²) in [6.07, 6.45) is 2.42. The van der Waals surface area contributed by atoms with E-state index in [0.717, 1.165) is 18.9 Å². The summed E-state index contributed by atoms with van der Waals surface area (Å²) >= 11 is 5.15. The number of H-pyrrole nitrogens is 1. The zero-order valence-electron chi connectivity index (χ0n) is 8.29. The number of nitriles is 1. The zero-order chi connectivity index (χ0) is 10.4. The molecular formula is C11H11N3S. The van der Waals surface area contributed by atoms with Crippen LogP contribution in [0.5, 0.6) is 0 Å². The third kappa shape index (κ3) is 1.20. The predicted molar refractivity (Wildman–Crippen MR) is 60.5 cm³/mol. The maximum atomic E-state index is 8.94. The van der Waals surface area contributed by atoms with Gasteiger partial charge in [-0.1, -0.05) is 12.2 Å². The number of piperidine rings is 1. The minimum Gasteiger partial charge on any atom is -0.358 e. The Morgan fingerprint density at radius 1 is 1.47 bits per heavy atom. The quantitative estimate of drug-likeness (QED) is 0.678. The van der Waals surface area contributed by atoms with Gasteiger partial charge in [0.25, 0.3) is 0 Å². The molecule has 0 spiro atoms. The van der Waals surface area contributed by atoms with Crippen molar-refractivity contribution in [2.45, 2.75) is 18.8 Å². The first-order valence-corrected chi connectivity index (χ1v) is 5.62. The fraction of sp³-hybridized carbons (Fsp3) is 0.455. The minimum atomic E-state index is 0.573. The number of anilines is 1. The molecule has 0 aliphatic carbocycles. The van der Waals surface area contributed by atoms with Crippen LogP contribution < -0.4 is 4.90 Å². The number of fused-ring (bicyclic) bond motifs is 2. The average molecular weight is 217 g/mol. The molecule has 0 atom stereocenters. The summed E-state index contributed by atoms with van der Waals surface area (Å²) in [6.45, 7) is 2.24. The minimum absolute atomic E-state index is 0.573. The first-order chi connectivity index (χ1) is 7.29. The molecule has 15 heavy (non-hydrogen) atoms. The van der Waals surface area contributed by atoms with Crippen LogP contribution in [0.25, 0.3) is 0 Å². The largest absolute Gasteiger partial charge is 0.358 e. The number of aromatic nitrogens is 1. The molecule has 3 nitrogen and oxygen atoms in total. The summed E-state index contributed by atoms with van der Waals surface area (Å²) in [5, 5.41) is 8.94. The number of aromatic amines is 1. The van der Waals surface area contributed by atoms with Crippen molar-refractivity contribution in [3.8, 4) is 6.07 Å². The molecule has 1 N–H and O–H groups in total. The number of hydrogen-bond acceptors (Lipinski definition) is 3. The van der Waals surface area contributed by atoms with Crippen molar-refractivity contribution in [3.05, 3.63) is 21.8 Å². The molecule has 0 amide bonds. The zero-order valence-corrected chi connectivity index (χ0v) is 9.10. The van der Waals surface area contributed by atoms with Gasteiger partial charge in [-0.2, -0.15) is 5.26 Å². The molecule has 1 aromatic rings. The number of hydrogen-bond donors (Lipinski definition) is 1. The smallest absolute Gasteiger partial charge is 0.122 e. The van der Waals surface area contributed by atoms with Crippen LogP contribution in [0.4, 0.5) is 5.82 Å².